The molecule has 9 nitrogen and oxygen atoms in total. The molecule has 0 bridgehead atoms. The van der Waals surface area contributed by atoms with Crippen LogP contribution in [0.3, 0.4) is 0 Å². The lowest BCUT2D eigenvalue weighted by molar-refractivity contribution is -0.146. The van der Waals surface area contributed by atoms with Gasteiger partial charge in [-0.05, 0) is 35.6 Å². The molecule has 2 unspecified atom stereocenters. The van der Waals surface area contributed by atoms with Crippen LogP contribution >= 0.6 is 11.6 Å². The van der Waals surface area contributed by atoms with Crippen LogP contribution in [0.4, 0.5) is 4.79 Å². The second-order valence-electron chi connectivity index (χ2n) is 11.7. The summed E-state index contributed by atoms with van der Waals surface area (Å²) in [6.07, 6.45) is 5.78. The van der Waals surface area contributed by atoms with Crippen molar-refractivity contribution in [3.63, 3.8) is 0 Å². The van der Waals surface area contributed by atoms with Gasteiger partial charge in [-0.15, -0.1) is 11.6 Å². The average Bonchev–Trinajstić information content (AvgIpc) is 3.40. The second-order valence-corrected chi connectivity index (χ2v) is 12.2. The van der Waals surface area contributed by atoms with Crippen LogP contribution in [0.15, 0.2) is 72.8 Å². The Balaban J connectivity index is 1.69. The van der Waals surface area contributed by atoms with E-state index in [2.05, 4.69) is 0 Å². The zero-order valence-electron chi connectivity index (χ0n) is 24.8. The summed E-state index contributed by atoms with van der Waals surface area (Å²) in [6, 6.07) is 12.3. The highest BCUT2D eigenvalue weighted by atomic mass is 35.5. The maximum atomic E-state index is 14.2. The van der Waals surface area contributed by atoms with Crippen LogP contribution in [0.1, 0.15) is 37.6 Å². The fourth-order valence-corrected chi connectivity index (χ4v) is 5.71. The summed E-state index contributed by atoms with van der Waals surface area (Å²) in [5, 5.41) is -0.599. The molecule has 43 heavy (non-hydrogen) atoms. The number of ether oxygens (including phenoxy) is 4. The van der Waals surface area contributed by atoms with E-state index in [0.717, 1.165) is 11.1 Å². The molecular formula is C33H36ClNO8. The number of carbonyl (C=O) groups is 4. The molecule has 0 aromatic heterocycles. The second kappa shape index (κ2) is 13.5. The molecule has 4 rings (SSSR count). The predicted octanol–water partition coefficient (Wildman–Crippen LogP) is 5.81. The SMILES string of the molecule is COC(=O)[C@@H]1C[C@H](C(=O)OC(=O)OCC(C)(C)C)[C@H](C2C=CC=CC2Cl)N1C(=O)c1ccc(-c2ccccc2OC)cc1. The Morgan fingerprint density at radius 2 is 1.60 bits per heavy atom. The Labute approximate surface area is 256 Å². The first-order valence-electron chi connectivity index (χ1n) is 14.0. The minimum Gasteiger partial charge on any atom is -0.496 e. The molecule has 1 aliphatic heterocycles. The summed E-state index contributed by atoms with van der Waals surface area (Å²) in [6.45, 7) is 5.64. The molecule has 1 fully saturated rings. The maximum Gasteiger partial charge on any atom is 0.516 e. The number of likely N-dealkylation sites (tertiary alicyclic amines) is 1. The quantitative estimate of drug-likeness (QED) is 0.220. The number of allylic oxidation sites excluding steroid dienone is 3. The van der Waals surface area contributed by atoms with Crippen LogP contribution in [-0.2, 0) is 23.8 Å². The summed E-state index contributed by atoms with van der Waals surface area (Å²) in [4.78, 5) is 54.4. The van der Waals surface area contributed by atoms with Gasteiger partial charge in [-0.2, -0.15) is 0 Å². The predicted molar refractivity (Wildman–Crippen MR) is 161 cm³/mol. The van der Waals surface area contributed by atoms with Gasteiger partial charge in [0.2, 0.25) is 0 Å². The molecule has 2 aliphatic rings. The lowest BCUT2D eigenvalue weighted by Gasteiger charge is -2.36. The topological polar surface area (TPSA) is 108 Å². The Morgan fingerprint density at radius 3 is 2.23 bits per heavy atom. The van der Waals surface area contributed by atoms with Crippen LogP contribution in [-0.4, -0.2) is 67.2 Å². The number of amides is 1. The number of hydrogen-bond acceptors (Lipinski definition) is 8. The monoisotopic (exact) mass is 609 g/mol. The minimum absolute atomic E-state index is 0.0351. The summed E-state index contributed by atoms with van der Waals surface area (Å²) in [5.41, 5.74) is 1.62. The molecule has 5 atom stereocenters. The Morgan fingerprint density at radius 1 is 0.930 bits per heavy atom. The zero-order valence-corrected chi connectivity index (χ0v) is 25.6. The molecule has 2 aromatic carbocycles. The van der Waals surface area contributed by atoms with E-state index in [0.29, 0.717) is 5.75 Å². The van der Waals surface area contributed by atoms with Crippen molar-refractivity contribution in [2.75, 3.05) is 20.8 Å². The number of benzene rings is 2. The normalized spacial score (nSPS) is 23.0. The van der Waals surface area contributed by atoms with Crippen LogP contribution in [0.25, 0.3) is 11.1 Å². The summed E-state index contributed by atoms with van der Waals surface area (Å²) < 4.78 is 20.7. The lowest BCUT2D eigenvalue weighted by atomic mass is 9.84. The highest BCUT2D eigenvalue weighted by molar-refractivity contribution is 6.22. The van der Waals surface area contributed by atoms with E-state index in [1.165, 1.54) is 12.0 Å². The van der Waals surface area contributed by atoms with Gasteiger partial charge in [-0.1, -0.05) is 75.4 Å². The third-order valence-corrected chi connectivity index (χ3v) is 7.85. The maximum absolute atomic E-state index is 14.2. The molecule has 1 heterocycles. The molecule has 10 heteroatoms. The van der Waals surface area contributed by atoms with Crippen molar-refractivity contribution in [1.29, 1.82) is 0 Å². The fraction of sp³-hybridized carbons (Fsp3) is 0.394. The van der Waals surface area contributed by atoms with E-state index in [1.54, 1.807) is 55.7 Å². The largest absolute Gasteiger partial charge is 0.516 e. The number of halogens is 1. The van der Waals surface area contributed by atoms with E-state index >= 15 is 0 Å². The van der Waals surface area contributed by atoms with E-state index in [-0.39, 0.29) is 24.0 Å². The third-order valence-electron chi connectivity index (χ3n) is 7.42. The number of nitrogens with zero attached hydrogens (tertiary/aromatic N) is 1. The number of rotatable bonds is 7. The molecule has 1 aliphatic carbocycles. The Hall–Kier alpha value is -4.11. The van der Waals surface area contributed by atoms with E-state index in [4.69, 9.17) is 30.5 Å². The van der Waals surface area contributed by atoms with Gasteiger partial charge < -0.3 is 23.8 Å². The third kappa shape index (κ3) is 7.28. The van der Waals surface area contributed by atoms with Crippen LogP contribution in [0, 0.1) is 17.3 Å². The van der Waals surface area contributed by atoms with Gasteiger partial charge in [-0.3, -0.25) is 9.59 Å². The Bertz CT molecular complexity index is 1410. The summed E-state index contributed by atoms with van der Waals surface area (Å²) >= 11 is 6.68. The first-order valence-corrected chi connectivity index (χ1v) is 14.4. The van der Waals surface area contributed by atoms with Gasteiger partial charge in [0, 0.05) is 17.0 Å². The highest BCUT2D eigenvalue weighted by Crippen LogP contribution is 2.41. The molecule has 1 amide bonds. The number of para-hydroxylation sites is 1. The van der Waals surface area contributed by atoms with E-state index < -0.39 is 53.3 Å². The molecule has 0 spiro atoms. The lowest BCUT2D eigenvalue weighted by Crippen LogP contribution is -2.51. The number of carbonyl (C=O) groups excluding carboxylic acids is 4. The van der Waals surface area contributed by atoms with Gasteiger partial charge in [0.1, 0.15) is 11.8 Å². The molecular weight excluding hydrogens is 574 g/mol. The van der Waals surface area contributed by atoms with Crippen molar-refractivity contribution in [3.8, 4) is 16.9 Å². The summed E-state index contributed by atoms with van der Waals surface area (Å²) in [7, 11) is 2.80. The van der Waals surface area contributed by atoms with Crippen molar-refractivity contribution in [1.82, 2.24) is 4.90 Å². The van der Waals surface area contributed by atoms with Crippen LogP contribution in [0.2, 0.25) is 0 Å². The van der Waals surface area contributed by atoms with Gasteiger partial charge in [0.05, 0.1) is 38.2 Å². The van der Waals surface area contributed by atoms with Gasteiger partial charge in [0.25, 0.3) is 5.91 Å². The number of alkyl halides is 1. The Kier molecular flexibility index (Phi) is 9.96. The molecule has 2 aromatic rings. The minimum atomic E-state index is -1.15. The first-order chi connectivity index (χ1) is 20.4. The number of esters is 2. The van der Waals surface area contributed by atoms with Crippen molar-refractivity contribution in [2.24, 2.45) is 17.3 Å². The van der Waals surface area contributed by atoms with Crippen molar-refractivity contribution in [3.05, 3.63) is 78.4 Å². The first kappa shape index (κ1) is 31.8. The van der Waals surface area contributed by atoms with Crippen LogP contribution < -0.4 is 4.74 Å². The fourth-order valence-electron chi connectivity index (χ4n) is 5.39. The molecule has 0 radical (unpaired) electrons. The van der Waals surface area contributed by atoms with Crippen molar-refractivity contribution < 1.29 is 38.1 Å². The van der Waals surface area contributed by atoms with E-state index in [9.17, 15) is 19.2 Å². The summed E-state index contributed by atoms with van der Waals surface area (Å²) in [5.74, 6) is -3.06. The molecule has 1 saturated heterocycles. The zero-order chi connectivity index (χ0) is 31.3. The molecule has 228 valence electrons. The molecule has 0 N–H and O–H groups in total. The van der Waals surface area contributed by atoms with Gasteiger partial charge in [-0.25, -0.2) is 9.59 Å². The number of methoxy groups -OCH3 is 2. The smallest absolute Gasteiger partial charge is 0.496 e. The average molecular weight is 610 g/mol. The number of hydrogen-bond donors (Lipinski definition) is 0. The standard InChI is InChI=1S/C33H36ClNO8/c1-33(2,3)19-42-32(39)43-30(37)24-18-26(31(38)41-5)35(28(24)23-11-6-8-12-25(23)34)29(36)21-16-14-20(15-17-21)22-10-7-9-13-27(22)40-4/h6-17,23-26,28H,18-19H2,1-5H3/t23?,24-,25?,26-,28-/m0/s1. The van der Waals surface area contributed by atoms with E-state index in [1.807, 2.05) is 45.0 Å². The van der Waals surface area contributed by atoms with Crippen molar-refractivity contribution >= 4 is 35.6 Å². The van der Waals surface area contributed by atoms with Crippen molar-refractivity contribution in [2.45, 2.75) is 44.7 Å². The van der Waals surface area contributed by atoms with Gasteiger partial charge in [0.15, 0.2) is 0 Å². The van der Waals surface area contributed by atoms with Gasteiger partial charge >= 0.3 is 18.1 Å². The highest BCUT2D eigenvalue weighted by Gasteiger charge is 2.54. The van der Waals surface area contributed by atoms with Crippen LogP contribution in [0.5, 0.6) is 5.75 Å². The molecule has 0 saturated carbocycles.